The van der Waals surface area contributed by atoms with E-state index < -0.39 is 0 Å². The lowest BCUT2D eigenvalue weighted by Crippen LogP contribution is -2.21. The molecule has 6 nitrogen and oxygen atoms in total. The topological polar surface area (TPSA) is 79.8 Å². The summed E-state index contributed by atoms with van der Waals surface area (Å²) >= 11 is 0. The number of hydrogen-bond acceptors (Lipinski definition) is 4. The lowest BCUT2D eigenvalue weighted by atomic mass is 10.1. The molecular formula is C19H21N3O3. The average molecular weight is 339 g/mol. The third-order valence-corrected chi connectivity index (χ3v) is 3.49. The van der Waals surface area contributed by atoms with Gasteiger partial charge in [0.15, 0.2) is 0 Å². The number of hydrazone groups is 1. The summed E-state index contributed by atoms with van der Waals surface area (Å²) in [5.74, 6) is 0.235. The molecule has 130 valence electrons. The zero-order chi connectivity index (χ0) is 18.1. The Morgan fingerprint density at radius 1 is 0.960 bits per heavy atom. The molecule has 25 heavy (non-hydrogen) atoms. The minimum atomic E-state index is -0.309. The van der Waals surface area contributed by atoms with E-state index in [0.29, 0.717) is 11.4 Å². The van der Waals surface area contributed by atoms with Gasteiger partial charge < -0.3 is 10.1 Å². The van der Waals surface area contributed by atoms with Crippen molar-refractivity contribution in [1.29, 1.82) is 0 Å². The Bertz CT molecular complexity index is 740. The second kappa shape index (κ2) is 9.22. The fourth-order valence-electron chi connectivity index (χ4n) is 2.07. The number of benzene rings is 2. The number of carbonyl (C=O) groups excluding carboxylic acids is 2. The zero-order valence-corrected chi connectivity index (χ0v) is 14.3. The first kappa shape index (κ1) is 18.2. The molecule has 0 unspecified atom stereocenters. The zero-order valence-electron chi connectivity index (χ0n) is 14.3. The van der Waals surface area contributed by atoms with Gasteiger partial charge >= 0.3 is 0 Å². The van der Waals surface area contributed by atoms with E-state index in [1.54, 1.807) is 26.2 Å². The summed E-state index contributed by atoms with van der Waals surface area (Å²) in [4.78, 5) is 23.6. The number of carbonyl (C=O) groups is 2. The maximum atomic E-state index is 11.8. The molecule has 0 heterocycles. The summed E-state index contributed by atoms with van der Waals surface area (Å²) in [7, 11) is 1.60. The van der Waals surface area contributed by atoms with E-state index in [-0.39, 0.29) is 24.7 Å². The van der Waals surface area contributed by atoms with Gasteiger partial charge in [0.25, 0.3) is 0 Å². The molecule has 0 aliphatic carbocycles. The average Bonchev–Trinajstić information content (AvgIpc) is 2.65. The largest absolute Gasteiger partial charge is 0.497 e. The predicted octanol–water partition coefficient (Wildman–Crippen LogP) is 2.95. The number of rotatable bonds is 7. The van der Waals surface area contributed by atoms with Gasteiger partial charge in [-0.15, -0.1) is 0 Å². The van der Waals surface area contributed by atoms with Crippen LogP contribution >= 0.6 is 0 Å². The number of para-hydroxylation sites is 1. The maximum absolute atomic E-state index is 11.8. The van der Waals surface area contributed by atoms with Gasteiger partial charge in [0.05, 0.1) is 12.8 Å². The van der Waals surface area contributed by atoms with Gasteiger partial charge in [0, 0.05) is 18.5 Å². The molecule has 0 bridgehead atoms. The predicted molar refractivity (Wildman–Crippen MR) is 97.7 cm³/mol. The van der Waals surface area contributed by atoms with Gasteiger partial charge in [-0.05, 0) is 48.9 Å². The molecule has 2 rings (SSSR count). The van der Waals surface area contributed by atoms with E-state index >= 15 is 0 Å². The maximum Gasteiger partial charge on any atom is 0.240 e. The Labute approximate surface area is 146 Å². The van der Waals surface area contributed by atoms with Crippen LogP contribution in [0.5, 0.6) is 5.75 Å². The third-order valence-electron chi connectivity index (χ3n) is 3.49. The summed E-state index contributed by atoms with van der Waals surface area (Å²) in [5.41, 5.74) is 4.72. The van der Waals surface area contributed by atoms with Gasteiger partial charge in [-0.2, -0.15) is 5.10 Å². The third kappa shape index (κ3) is 6.10. The van der Waals surface area contributed by atoms with Gasteiger partial charge in [-0.1, -0.05) is 18.2 Å². The van der Waals surface area contributed by atoms with Crippen molar-refractivity contribution in [3.63, 3.8) is 0 Å². The van der Waals surface area contributed by atoms with Crippen LogP contribution in [-0.2, 0) is 9.59 Å². The molecule has 0 saturated carbocycles. The van der Waals surface area contributed by atoms with Crippen LogP contribution in [0, 0.1) is 0 Å². The highest BCUT2D eigenvalue weighted by molar-refractivity contribution is 5.99. The molecule has 2 aromatic carbocycles. The van der Waals surface area contributed by atoms with Crippen molar-refractivity contribution in [2.45, 2.75) is 19.8 Å². The number of nitrogens with one attached hydrogen (secondary N) is 2. The van der Waals surface area contributed by atoms with Crippen LogP contribution in [-0.4, -0.2) is 24.6 Å². The molecule has 0 saturated heterocycles. The lowest BCUT2D eigenvalue weighted by molar-refractivity contribution is -0.124. The van der Waals surface area contributed by atoms with E-state index in [4.69, 9.17) is 4.74 Å². The van der Waals surface area contributed by atoms with Crippen molar-refractivity contribution in [3.8, 4) is 5.75 Å². The Hall–Kier alpha value is -3.15. The van der Waals surface area contributed by atoms with Crippen molar-refractivity contribution < 1.29 is 14.3 Å². The first-order valence-electron chi connectivity index (χ1n) is 7.91. The van der Waals surface area contributed by atoms with Crippen LogP contribution in [0.25, 0.3) is 0 Å². The molecule has 0 atom stereocenters. The number of amides is 2. The monoisotopic (exact) mass is 339 g/mol. The quantitative estimate of drug-likeness (QED) is 0.601. The number of methoxy groups -OCH3 is 1. The molecule has 0 spiro atoms. The minimum absolute atomic E-state index is 0.0675. The van der Waals surface area contributed by atoms with Gasteiger partial charge in [0.2, 0.25) is 11.8 Å². The Morgan fingerprint density at radius 3 is 2.24 bits per heavy atom. The molecule has 0 fully saturated rings. The highest BCUT2D eigenvalue weighted by Crippen LogP contribution is 2.11. The Kier molecular flexibility index (Phi) is 6.71. The number of anilines is 1. The Balaban J connectivity index is 1.78. The van der Waals surface area contributed by atoms with E-state index in [1.807, 2.05) is 42.5 Å². The summed E-state index contributed by atoms with van der Waals surface area (Å²) < 4.78 is 5.10. The molecule has 2 N–H and O–H groups in total. The summed E-state index contributed by atoms with van der Waals surface area (Å²) in [6.45, 7) is 1.80. The summed E-state index contributed by atoms with van der Waals surface area (Å²) in [6.07, 6.45) is 0.163. The molecule has 0 radical (unpaired) electrons. The van der Waals surface area contributed by atoms with Crippen LogP contribution < -0.4 is 15.5 Å². The molecule has 0 aliphatic heterocycles. The lowest BCUT2D eigenvalue weighted by Gasteiger charge is -2.05. The first-order valence-corrected chi connectivity index (χ1v) is 7.91. The van der Waals surface area contributed by atoms with Crippen LogP contribution in [0.2, 0.25) is 0 Å². The smallest absolute Gasteiger partial charge is 0.240 e. The van der Waals surface area contributed by atoms with Crippen molar-refractivity contribution in [1.82, 2.24) is 5.43 Å². The van der Waals surface area contributed by atoms with Crippen LogP contribution in [0.15, 0.2) is 59.7 Å². The number of hydrogen-bond donors (Lipinski definition) is 2. The molecule has 0 aromatic heterocycles. The van der Waals surface area contributed by atoms with E-state index in [2.05, 4.69) is 15.8 Å². The SMILES string of the molecule is COc1ccc(/C(C)=N/NC(=O)CCC(=O)Nc2ccccc2)cc1. The molecule has 0 aliphatic rings. The summed E-state index contributed by atoms with van der Waals surface area (Å²) in [6, 6.07) is 16.5. The molecule has 6 heteroatoms. The van der Waals surface area contributed by atoms with E-state index in [1.165, 1.54) is 0 Å². The summed E-state index contributed by atoms with van der Waals surface area (Å²) in [5, 5.41) is 6.79. The fraction of sp³-hybridized carbons (Fsp3) is 0.211. The van der Waals surface area contributed by atoms with Crippen molar-refractivity contribution in [2.24, 2.45) is 5.10 Å². The minimum Gasteiger partial charge on any atom is -0.497 e. The standard InChI is InChI=1S/C19H21N3O3/c1-14(15-8-10-17(25-2)11-9-15)21-22-19(24)13-12-18(23)20-16-6-4-3-5-7-16/h3-11H,12-13H2,1-2H3,(H,20,23)(H,22,24)/b21-14+. The molecule has 2 aromatic rings. The van der Waals surface area contributed by atoms with Crippen molar-refractivity contribution >= 4 is 23.2 Å². The van der Waals surface area contributed by atoms with Gasteiger partial charge in [-0.25, -0.2) is 5.43 Å². The highest BCUT2D eigenvalue weighted by Gasteiger charge is 2.07. The van der Waals surface area contributed by atoms with Gasteiger partial charge in [0.1, 0.15) is 5.75 Å². The van der Waals surface area contributed by atoms with Gasteiger partial charge in [-0.3, -0.25) is 9.59 Å². The number of nitrogens with zero attached hydrogens (tertiary/aromatic N) is 1. The van der Waals surface area contributed by atoms with Crippen molar-refractivity contribution in [3.05, 3.63) is 60.2 Å². The second-order valence-corrected chi connectivity index (χ2v) is 5.37. The molecular weight excluding hydrogens is 318 g/mol. The number of ether oxygens (including phenoxy) is 1. The Morgan fingerprint density at radius 2 is 1.60 bits per heavy atom. The van der Waals surface area contributed by atoms with Crippen LogP contribution in [0.4, 0.5) is 5.69 Å². The second-order valence-electron chi connectivity index (χ2n) is 5.37. The van der Waals surface area contributed by atoms with E-state index in [0.717, 1.165) is 11.3 Å². The van der Waals surface area contributed by atoms with Crippen LogP contribution in [0.3, 0.4) is 0 Å². The van der Waals surface area contributed by atoms with Crippen molar-refractivity contribution in [2.75, 3.05) is 12.4 Å². The van der Waals surface area contributed by atoms with Crippen LogP contribution in [0.1, 0.15) is 25.3 Å². The van der Waals surface area contributed by atoms with E-state index in [9.17, 15) is 9.59 Å². The normalized spacial score (nSPS) is 10.9. The molecule has 2 amide bonds. The fourth-order valence-corrected chi connectivity index (χ4v) is 2.07. The highest BCUT2D eigenvalue weighted by atomic mass is 16.5. The first-order chi connectivity index (χ1) is 12.1.